The summed E-state index contributed by atoms with van der Waals surface area (Å²) in [4.78, 5) is 35.1. The number of fused-ring (bicyclic) bond motifs is 1. The third-order valence-electron chi connectivity index (χ3n) is 5.03. The number of carbonyl (C=O) groups is 3. The average molecular weight is 423 g/mol. The van der Waals surface area contributed by atoms with E-state index in [0.717, 1.165) is 5.56 Å². The van der Waals surface area contributed by atoms with E-state index in [4.69, 9.17) is 10.5 Å². The van der Waals surface area contributed by atoms with E-state index >= 15 is 0 Å². The Kier molecular flexibility index (Phi) is 5.16. The SMILES string of the molecule is NC(=O)COc1ccc([C@@H]2CC(=O)Nc3c(C(=O)O)cn(-c4ccc(F)cc4)c32)cc1. The van der Waals surface area contributed by atoms with E-state index in [9.17, 15) is 23.9 Å². The number of benzene rings is 2. The highest BCUT2D eigenvalue weighted by Crippen LogP contribution is 2.41. The Morgan fingerprint density at radius 1 is 1.16 bits per heavy atom. The molecule has 0 radical (unpaired) electrons. The molecule has 1 aromatic heterocycles. The van der Waals surface area contributed by atoms with Crippen molar-refractivity contribution in [1.29, 1.82) is 0 Å². The molecule has 0 saturated carbocycles. The second-order valence-electron chi connectivity index (χ2n) is 7.08. The maximum absolute atomic E-state index is 13.4. The number of hydrogen-bond donors (Lipinski definition) is 3. The van der Waals surface area contributed by atoms with Crippen LogP contribution < -0.4 is 15.8 Å². The van der Waals surface area contributed by atoms with Gasteiger partial charge in [-0.25, -0.2) is 9.18 Å². The Bertz CT molecular complexity index is 1170. The van der Waals surface area contributed by atoms with Crippen LogP contribution in [0.5, 0.6) is 5.75 Å². The largest absolute Gasteiger partial charge is 0.484 e. The molecule has 4 N–H and O–H groups in total. The van der Waals surface area contributed by atoms with Gasteiger partial charge >= 0.3 is 5.97 Å². The summed E-state index contributed by atoms with van der Waals surface area (Å²) in [5.74, 6) is -2.54. The molecule has 0 unspecified atom stereocenters. The maximum Gasteiger partial charge on any atom is 0.339 e. The number of carboxylic acid groups (broad SMARTS) is 1. The Balaban J connectivity index is 1.80. The fraction of sp³-hybridized carbons (Fsp3) is 0.136. The van der Waals surface area contributed by atoms with Gasteiger partial charge in [-0.05, 0) is 42.0 Å². The van der Waals surface area contributed by atoms with Crippen LogP contribution in [-0.2, 0) is 9.59 Å². The fourth-order valence-electron chi connectivity index (χ4n) is 3.67. The molecular formula is C22H18FN3O5. The number of nitrogens with zero attached hydrogens (tertiary/aromatic N) is 1. The zero-order chi connectivity index (χ0) is 22.1. The molecule has 31 heavy (non-hydrogen) atoms. The summed E-state index contributed by atoms with van der Waals surface area (Å²) >= 11 is 0. The quantitative estimate of drug-likeness (QED) is 0.562. The third-order valence-corrected chi connectivity index (χ3v) is 5.03. The van der Waals surface area contributed by atoms with Crippen LogP contribution in [0, 0.1) is 5.82 Å². The number of amides is 2. The van der Waals surface area contributed by atoms with Crippen molar-refractivity contribution >= 4 is 23.5 Å². The molecule has 9 heteroatoms. The third kappa shape index (κ3) is 3.97. The van der Waals surface area contributed by atoms with Gasteiger partial charge in [0.1, 0.15) is 17.1 Å². The molecule has 8 nitrogen and oxygen atoms in total. The summed E-state index contributed by atoms with van der Waals surface area (Å²) in [6.07, 6.45) is 1.52. The van der Waals surface area contributed by atoms with E-state index in [0.29, 0.717) is 17.1 Å². The van der Waals surface area contributed by atoms with Crippen molar-refractivity contribution in [2.75, 3.05) is 11.9 Å². The highest BCUT2D eigenvalue weighted by Gasteiger charge is 2.34. The Labute approximate surface area is 176 Å². The number of halogens is 1. The normalized spacial score (nSPS) is 15.1. The molecule has 2 heterocycles. The van der Waals surface area contributed by atoms with Crippen LogP contribution in [0.4, 0.5) is 10.1 Å². The number of aromatic carboxylic acids is 1. The van der Waals surface area contributed by atoms with Gasteiger partial charge in [0.05, 0.1) is 11.4 Å². The number of aromatic nitrogens is 1. The molecule has 1 aliphatic heterocycles. The van der Waals surface area contributed by atoms with E-state index in [1.807, 2.05) is 0 Å². The molecule has 158 valence electrons. The number of nitrogens with two attached hydrogens (primary N) is 1. The summed E-state index contributed by atoms with van der Waals surface area (Å²) in [6.45, 7) is -0.259. The fourth-order valence-corrected chi connectivity index (χ4v) is 3.67. The van der Waals surface area contributed by atoms with Gasteiger partial charge in [0.2, 0.25) is 5.91 Å². The molecule has 1 atom stereocenters. The highest BCUT2D eigenvalue weighted by molar-refractivity contribution is 6.04. The van der Waals surface area contributed by atoms with Gasteiger partial charge in [0.15, 0.2) is 6.61 Å². The van der Waals surface area contributed by atoms with Crippen molar-refractivity contribution in [3.05, 3.63) is 77.4 Å². The Hall–Kier alpha value is -4.14. The van der Waals surface area contributed by atoms with Crippen LogP contribution in [0.2, 0.25) is 0 Å². The topological polar surface area (TPSA) is 124 Å². The minimum absolute atomic E-state index is 0.0567. The van der Waals surface area contributed by atoms with Gasteiger partial charge in [-0.3, -0.25) is 9.59 Å². The number of primary amides is 1. The summed E-state index contributed by atoms with van der Waals surface area (Å²) in [5, 5.41) is 12.3. The van der Waals surface area contributed by atoms with Gasteiger partial charge in [0.25, 0.3) is 5.91 Å². The predicted molar refractivity (Wildman–Crippen MR) is 109 cm³/mol. The lowest BCUT2D eigenvalue weighted by Crippen LogP contribution is -2.25. The monoisotopic (exact) mass is 423 g/mol. The highest BCUT2D eigenvalue weighted by atomic mass is 19.1. The number of ether oxygens (including phenoxy) is 1. The number of hydrogen-bond acceptors (Lipinski definition) is 4. The lowest BCUT2D eigenvalue weighted by Gasteiger charge is -2.26. The molecule has 0 saturated heterocycles. The van der Waals surface area contributed by atoms with Crippen LogP contribution in [0.3, 0.4) is 0 Å². The number of carboxylic acids is 1. The molecule has 0 bridgehead atoms. The lowest BCUT2D eigenvalue weighted by atomic mass is 9.88. The second kappa shape index (κ2) is 7.94. The molecule has 3 aromatic rings. The number of carbonyl (C=O) groups excluding carboxylic acids is 2. The van der Waals surface area contributed by atoms with Gasteiger partial charge < -0.3 is 25.5 Å². The van der Waals surface area contributed by atoms with E-state index < -0.39 is 23.6 Å². The van der Waals surface area contributed by atoms with Crippen LogP contribution in [0.1, 0.15) is 34.0 Å². The molecule has 0 aliphatic carbocycles. The van der Waals surface area contributed by atoms with Crippen molar-refractivity contribution in [2.45, 2.75) is 12.3 Å². The van der Waals surface area contributed by atoms with Crippen molar-refractivity contribution in [3.63, 3.8) is 0 Å². The first kappa shape index (κ1) is 20.1. The van der Waals surface area contributed by atoms with Gasteiger partial charge in [-0.2, -0.15) is 0 Å². The standard InChI is InChI=1S/C22H18FN3O5/c23-13-3-5-14(6-4-13)26-10-17(22(29)30)20-21(26)16(9-19(28)25-20)12-1-7-15(8-2-12)31-11-18(24)27/h1-8,10,16H,9,11H2,(H2,24,27)(H,25,28)(H,29,30)/t16-/m0/s1. The second-order valence-corrected chi connectivity index (χ2v) is 7.08. The Morgan fingerprint density at radius 3 is 2.45 bits per heavy atom. The smallest absolute Gasteiger partial charge is 0.339 e. The summed E-state index contributed by atoms with van der Waals surface area (Å²) in [6, 6.07) is 12.4. The molecule has 2 aromatic carbocycles. The van der Waals surface area contributed by atoms with E-state index in [-0.39, 0.29) is 30.2 Å². The van der Waals surface area contributed by atoms with Crippen molar-refractivity contribution < 1.29 is 28.6 Å². The zero-order valence-corrected chi connectivity index (χ0v) is 16.2. The minimum atomic E-state index is -1.19. The summed E-state index contributed by atoms with van der Waals surface area (Å²) in [5.41, 5.74) is 7.13. The zero-order valence-electron chi connectivity index (χ0n) is 16.2. The first-order chi connectivity index (χ1) is 14.8. The van der Waals surface area contributed by atoms with E-state index in [1.165, 1.54) is 30.5 Å². The first-order valence-electron chi connectivity index (χ1n) is 9.39. The van der Waals surface area contributed by atoms with Gasteiger partial charge in [0, 0.05) is 24.2 Å². The van der Waals surface area contributed by atoms with Crippen LogP contribution >= 0.6 is 0 Å². The Morgan fingerprint density at radius 2 is 1.84 bits per heavy atom. The number of rotatable bonds is 6. The molecule has 0 spiro atoms. The first-order valence-corrected chi connectivity index (χ1v) is 9.39. The molecule has 0 fully saturated rings. The average Bonchev–Trinajstić information content (AvgIpc) is 3.12. The molecule has 1 aliphatic rings. The predicted octanol–water partition coefficient (Wildman–Crippen LogP) is 2.65. The number of anilines is 1. The van der Waals surface area contributed by atoms with Crippen molar-refractivity contribution in [2.24, 2.45) is 5.73 Å². The van der Waals surface area contributed by atoms with Gasteiger partial charge in [-0.1, -0.05) is 12.1 Å². The van der Waals surface area contributed by atoms with Crippen LogP contribution in [-0.4, -0.2) is 34.1 Å². The maximum atomic E-state index is 13.4. The summed E-state index contributed by atoms with van der Waals surface area (Å²) in [7, 11) is 0. The van der Waals surface area contributed by atoms with Crippen LogP contribution in [0.25, 0.3) is 5.69 Å². The lowest BCUT2D eigenvalue weighted by molar-refractivity contribution is -0.120. The van der Waals surface area contributed by atoms with E-state index in [1.54, 1.807) is 28.8 Å². The minimum Gasteiger partial charge on any atom is -0.484 e. The van der Waals surface area contributed by atoms with E-state index in [2.05, 4.69) is 5.32 Å². The van der Waals surface area contributed by atoms with Crippen molar-refractivity contribution in [1.82, 2.24) is 4.57 Å². The van der Waals surface area contributed by atoms with Crippen LogP contribution in [0.15, 0.2) is 54.7 Å². The molecule has 4 rings (SSSR count). The molecule has 2 amide bonds. The van der Waals surface area contributed by atoms with Gasteiger partial charge in [-0.15, -0.1) is 0 Å². The number of nitrogens with one attached hydrogen (secondary N) is 1. The van der Waals surface area contributed by atoms with Crippen molar-refractivity contribution in [3.8, 4) is 11.4 Å². The molecular weight excluding hydrogens is 405 g/mol. The summed E-state index contributed by atoms with van der Waals surface area (Å²) < 4.78 is 20.3.